The average Bonchev–Trinajstić information content (AvgIpc) is 3.16. The molecule has 2 aromatic rings. The van der Waals surface area contributed by atoms with Crippen LogP contribution in [0.3, 0.4) is 0 Å². The van der Waals surface area contributed by atoms with Crippen LogP contribution in [0.15, 0.2) is 53.4 Å². The van der Waals surface area contributed by atoms with Gasteiger partial charge in [0, 0.05) is 24.7 Å². The van der Waals surface area contributed by atoms with E-state index in [0.29, 0.717) is 12.2 Å². The SMILES string of the molecule is CC(C)(Cc1ccc(F)cc1)NC[C@@H](O)COc1cccc(S(=O)(=O)NC2CNC(C#N)C2Cl)c1.Cl. The number of halogens is 3. The zero-order valence-electron chi connectivity index (χ0n) is 19.9. The van der Waals surface area contributed by atoms with Gasteiger partial charge < -0.3 is 15.2 Å². The van der Waals surface area contributed by atoms with Crippen LogP contribution in [0.2, 0.25) is 0 Å². The van der Waals surface area contributed by atoms with Crippen LogP contribution in [-0.2, 0) is 16.4 Å². The van der Waals surface area contributed by atoms with E-state index in [1.165, 1.54) is 24.3 Å². The summed E-state index contributed by atoms with van der Waals surface area (Å²) in [5.74, 6) is 0.00512. The first-order valence-electron chi connectivity index (χ1n) is 11.2. The van der Waals surface area contributed by atoms with E-state index >= 15 is 0 Å². The molecule has 0 aromatic heterocycles. The van der Waals surface area contributed by atoms with Gasteiger partial charge in [0.15, 0.2) is 0 Å². The van der Waals surface area contributed by atoms with Crippen LogP contribution in [0.1, 0.15) is 19.4 Å². The fraction of sp³-hybridized carbons (Fsp3) is 0.458. The fourth-order valence-electron chi connectivity index (χ4n) is 3.75. The van der Waals surface area contributed by atoms with E-state index in [9.17, 15) is 17.9 Å². The molecule has 4 N–H and O–H groups in total. The van der Waals surface area contributed by atoms with Gasteiger partial charge in [-0.1, -0.05) is 18.2 Å². The number of nitrogens with one attached hydrogen (secondary N) is 3. The van der Waals surface area contributed by atoms with E-state index in [4.69, 9.17) is 21.6 Å². The summed E-state index contributed by atoms with van der Waals surface area (Å²) in [6.07, 6.45) is -0.201. The summed E-state index contributed by atoms with van der Waals surface area (Å²) >= 11 is 6.18. The fourth-order valence-corrected chi connectivity index (χ4v) is 5.42. The van der Waals surface area contributed by atoms with Crippen molar-refractivity contribution < 1.29 is 22.7 Å². The summed E-state index contributed by atoms with van der Waals surface area (Å²) < 4.78 is 46.8. The van der Waals surface area contributed by atoms with Crippen molar-refractivity contribution in [1.29, 1.82) is 5.26 Å². The van der Waals surface area contributed by atoms with Crippen molar-refractivity contribution in [2.75, 3.05) is 19.7 Å². The maximum absolute atomic E-state index is 13.1. The molecule has 0 aliphatic carbocycles. The lowest BCUT2D eigenvalue weighted by molar-refractivity contribution is 0.0987. The van der Waals surface area contributed by atoms with Gasteiger partial charge in [-0.05, 0) is 50.1 Å². The Labute approximate surface area is 222 Å². The first-order valence-corrected chi connectivity index (χ1v) is 13.1. The minimum Gasteiger partial charge on any atom is -0.491 e. The number of benzene rings is 2. The van der Waals surface area contributed by atoms with Gasteiger partial charge >= 0.3 is 0 Å². The lowest BCUT2D eigenvalue weighted by atomic mass is 9.94. The molecule has 0 bridgehead atoms. The minimum absolute atomic E-state index is 0. The first kappa shape index (κ1) is 30.3. The molecular formula is C24H31Cl2FN4O4S. The van der Waals surface area contributed by atoms with Crippen molar-refractivity contribution >= 4 is 34.0 Å². The smallest absolute Gasteiger partial charge is 0.241 e. The molecule has 12 heteroatoms. The van der Waals surface area contributed by atoms with Crippen molar-refractivity contribution in [1.82, 2.24) is 15.4 Å². The topological polar surface area (TPSA) is 123 Å². The number of hydrogen-bond acceptors (Lipinski definition) is 7. The highest BCUT2D eigenvalue weighted by Gasteiger charge is 2.37. The maximum Gasteiger partial charge on any atom is 0.241 e. The molecule has 8 nitrogen and oxygen atoms in total. The van der Waals surface area contributed by atoms with Gasteiger partial charge in [0.1, 0.15) is 30.3 Å². The van der Waals surface area contributed by atoms with E-state index in [1.54, 1.807) is 24.3 Å². The molecule has 3 unspecified atom stereocenters. The lowest BCUT2D eigenvalue weighted by Crippen LogP contribution is -2.46. The standard InChI is InChI=1S/C24H30ClFN4O4S.ClH/c1-24(2,11-16-6-8-17(26)9-7-16)29-13-18(31)15-34-19-4-3-5-20(10-19)35(32,33)30-22-14-28-21(12-27)23(22)25;/h3-10,18,21-23,28-31H,11,13-15H2,1-2H3;1H/t18-,21?,22?,23?;/m1./s1. The van der Waals surface area contributed by atoms with Gasteiger partial charge in [-0.15, -0.1) is 24.0 Å². The van der Waals surface area contributed by atoms with E-state index in [0.717, 1.165) is 5.56 Å². The quantitative estimate of drug-likeness (QED) is 0.311. The molecule has 4 atom stereocenters. The van der Waals surface area contributed by atoms with Gasteiger partial charge in [-0.25, -0.2) is 17.5 Å². The molecule has 1 fully saturated rings. The normalized spacial score (nSPS) is 20.8. The molecule has 0 amide bonds. The predicted octanol–water partition coefficient (Wildman–Crippen LogP) is 2.35. The van der Waals surface area contributed by atoms with Crippen LogP contribution in [0.4, 0.5) is 4.39 Å². The summed E-state index contributed by atoms with van der Waals surface area (Å²) in [5, 5.41) is 24.9. The minimum atomic E-state index is -3.89. The number of sulfonamides is 1. The predicted molar refractivity (Wildman–Crippen MR) is 139 cm³/mol. The molecular weight excluding hydrogens is 530 g/mol. The second-order valence-electron chi connectivity index (χ2n) is 9.19. The molecule has 36 heavy (non-hydrogen) atoms. The Morgan fingerprint density at radius 2 is 2.00 bits per heavy atom. The Balaban J connectivity index is 0.00000456. The van der Waals surface area contributed by atoms with Crippen LogP contribution >= 0.6 is 24.0 Å². The summed E-state index contributed by atoms with van der Waals surface area (Å²) in [4.78, 5) is -0.00711. The second kappa shape index (κ2) is 13.0. The molecule has 0 spiro atoms. The molecule has 1 saturated heterocycles. The summed E-state index contributed by atoms with van der Waals surface area (Å²) in [5.41, 5.74) is 0.622. The zero-order chi connectivity index (χ0) is 25.6. The lowest BCUT2D eigenvalue weighted by Gasteiger charge is -2.28. The van der Waals surface area contributed by atoms with Gasteiger partial charge in [0.2, 0.25) is 10.0 Å². The molecule has 198 valence electrons. The largest absolute Gasteiger partial charge is 0.491 e. The highest BCUT2D eigenvalue weighted by molar-refractivity contribution is 7.89. The second-order valence-corrected chi connectivity index (χ2v) is 11.4. The third kappa shape index (κ3) is 8.56. The monoisotopic (exact) mass is 560 g/mol. The first-order chi connectivity index (χ1) is 16.5. The van der Waals surface area contributed by atoms with Gasteiger partial charge in [0.25, 0.3) is 0 Å². The van der Waals surface area contributed by atoms with E-state index in [1.807, 2.05) is 19.9 Å². The molecule has 1 heterocycles. The van der Waals surface area contributed by atoms with Crippen LogP contribution < -0.4 is 20.1 Å². The Bertz CT molecular complexity index is 1150. The molecule has 0 radical (unpaired) electrons. The van der Waals surface area contributed by atoms with Crippen LogP contribution in [0, 0.1) is 17.1 Å². The van der Waals surface area contributed by atoms with Crippen LogP contribution in [0.25, 0.3) is 0 Å². The summed E-state index contributed by atoms with van der Waals surface area (Å²) in [6.45, 7) is 4.42. The Kier molecular flexibility index (Phi) is 10.9. The molecule has 0 saturated carbocycles. The third-order valence-electron chi connectivity index (χ3n) is 5.64. The number of nitriles is 1. The number of hydrogen-bond donors (Lipinski definition) is 4. The molecule has 1 aliphatic heterocycles. The number of rotatable bonds is 11. The number of ether oxygens (including phenoxy) is 1. The highest BCUT2D eigenvalue weighted by atomic mass is 35.5. The highest BCUT2D eigenvalue weighted by Crippen LogP contribution is 2.21. The number of alkyl halides is 1. The molecule has 3 rings (SSSR count). The summed E-state index contributed by atoms with van der Waals surface area (Å²) in [7, 11) is -3.89. The Morgan fingerprint density at radius 1 is 1.31 bits per heavy atom. The van der Waals surface area contributed by atoms with Crippen LogP contribution in [0.5, 0.6) is 5.75 Å². The number of nitrogens with zero attached hydrogens (tertiary/aromatic N) is 1. The Hall–Kier alpha value is -1.97. The molecule has 2 aromatic carbocycles. The summed E-state index contributed by atoms with van der Waals surface area (Å²) in [6, 6.07) is 13.0. The van der Waals surface area contributed by atoms with Gasteiger partial charge in [-0.2, -0.15) is 5.26 Å². The third-order valence-corrected chi connectivity index (χ3v) is 7.68. The zero-order valence-corrected chi connectivity index (χ0v) is 22.3. The number of aliphatic hydroxyl groups is 1. The van der Waals surface area contributed by atoms with Crippen molar-refractivity contribution in [3.8, 4) is 11.8 Å². The average molecular weight is 562 g/mol. The van der Waals surface area contributed by atoms with Crippen molar-refractivity contribution in [2.45, 2.75) is 54.3 Å². The van der Waals surface area contributed by atoms with Gasteiger partial charge in [0.05, 0.1) is 22.4 Å². The van der Waals surface area contributed by atoms with Crippen molar-refractivity contribution in [2.24, 2.45) is 0 Å². The number of β-amino-alcohol motifs (C(OH)–C–C–N with tert-alkyl or cyclic N) is 1. The van der Waals surface area contributed by atoms with Crippen molar-refractivity contribution in [3.05, 3.63) is 59.9 Å². The Morgan fingerprint density at radius 3 is 2.64 bits per heavy atom. The molecule has 1 aliphatic rings. The van der Waals surface area contributed by atoms with Crippen LogP contribution in [-0.4, -0.2) is 62.3 Å². The van der Waals surface area contributed by atoms with Gasteiger partial charge in [-0.3, -0.25) is 5.32 Å². The van der Waals surface area contributed by atoms with Crippen molar-refractivity contribution in [3.63, 3.8) is 0 Å². The van der Waals surface area contributed by atoms with E-state index < -0.39 is 33.6 Å². The van der Waals surface area contributed by atoms with E-state index in [-0.39, 0.29) is 48.4 Å². The number of aliphatic hydroxyl groups excluding tert-OH is 1. The maximum atomic E-state index is 13.1. The van der Waals surface area contributed by atoms with E-state index in [2.05, 4.69) is 15.4 Å².